The van der Waals surface area contributed by atoms with Gasteiger partial charge in [0.2, 0.25) is 0 Å². The number of para-hydroxylation sites is 1. The summed E-state index contributed by atoms with van der Waals surface area (Å²) >= 11 is 0. The summed E-state index contributed by atoms with van der Waals surface area (Å²) < 4.78 is 28.9. The van der Waals surface area contributed by atoms with E-state index in [2.05, 4.69) is 5.32 Å². The summed E-state index contributed by atoms with van der Waals surface area (Å²) in [5.74, 6) is 1.32. The highest BCUT2D eigenvalue weighted by Gasteiger charge is 2.18. The van der Waals surface area contributed by atoms with Crippen LogP contribution in [-0.4, -0.2) is 19.6 Å². The van der Waals surface area contributed by atoms with Crippen LogP contribution >= 0.6 is 0 Å². The Hall–Kier alpha value is -3.39. The predicted molar refractivity (Wildman–Crippen MR) is 102 cm³/mol. The molecule has 1 N–H and O–H groups in total. The maximum absolute atomic E-state index is 11.6. The Morgan fingerprint density at radius 2 is 1.56 bits per heavy atom. The number of sulfone groups is 1. The van der Waals surface area contributed by atoms with E-state index in [0.717, 1.165) is 12.3 Å². The molecular formula is C19H16N2O5S. The fraction of sp³-hybridized carbons (Fsp3) is 0.0526. The summed E-state index contributed by atoms with van der Waals surface area (Å²) in [5, 5.41) is 14.2. The highest BCUT2D eigenvalue weighted by Crippen LogP contribution is 2.31. The molecule has 0 spiro atoms. The van der Waals surface area contributed by atoms with E-state index in [1.54, 1.807) is 24.3 Å². The highest BCUT2D eigenvalue weighted by atomic mass is 32.2. The largest absolute Gasteiger partial charge is 0.457 e. The second-order valence-electron chi connectivity index (χ2n) is 5.77. The van der Waals surface area contributed by atoms with Crippen LogP contribution in [0.1, 0.15) is 0 Å². The number of nitrogens with one attached hydrogen (secondary N) is 1. The van der Waals surface area contributed by atoms with E-state index >= 15 is 0 Å². The topological polar surface area (TPSA) is 98.5 Å². The Bertz CT molecular complexity index is 1070. The normalized spacial score (nSPS) is 11.0. The quantitative estimate of drug-likeness (QED) is 0.495. The van der Waals surface area contributed by atoms with E-state index in [1.165, 1.54) is 12.1 Å². The molecule has 0 atom stereocenters. The van der Waals surface area contributed by atoms with Crippen LogP contribution in [0.15, 0.2) is 77.7 Å². The standard InChI is InChI=1S/C19H16N2O5S/c1-27(24,25)17-11-12-18(19(13-17)21(22)23)20-14-7-9-16(10-8-14)26-15-5-3-2-4-6-15/h2-13,20H,1H3. The summed E-state index contributed by atoms with van der Waals surface area (Å²) in [5.41, 5.74) is 0.484. The molecule has 0 aliphatic heterocycles. The van der Waals surface area contributed by atoms with E-state index in [9.17, 15) is 18.5 Å². The van der Waals surface area contributed by atoms with Crippen molar-refractivity contribution < 1.29 is 18.1 Å². The number of nitrogens with zero attached hydrogens (tertiary/aromatic N) is 1. The van der Waals surface area contributed by atoms with Crippen molar-refractivity contribution in [3.8, 4) is 11.5 Å². The van der Waals surface area contributed by atoms with Crippen molar-refractivity contribution in [2.75, 3.05) is 11.6 Å². The van der Waals surface area contributed by atoms with Crippen molar-refractivity contribution in [3.63, 3.8) is 0 Å². The number of nitro groups is 1. The van der Waals surface area contributed by atoms with Gasteiger partial charge in [0, 0.05) is 18.0 Å². The van der Waals surface area contributed by atoms with Crippen LogP contribution < -0.4 is 10.1 Å². The third kappa shape index (κ3) is 4.62. The van der Waals surface area contributed by atoms with E-state index in [1.807, 2.05) is 30.3 Å². The van der Waals surface area contributed by atoms with Gasteiger partial charge in [0.05, 0.1) is 9.82 Å². The summed E-state index contributed by atoms with van der Waals surface area (Å²) in [6.07, 6.45) is 1.00. The van der Waals surface area contributed by atoms with Gasteiger partial charge in [-0.3, -0.25) is 10.1 Å². The molecule has 7 nitrogen and oxygen atoms in total. The molecule has 0 saturated carbocycles. The van der Waals surface area contributed by atoms with Gasteiger partial charge in [-0.25, -0.2) is 8.42 Å². The van der Waals surface area contributed by atoms with Crippen LogP contribution in [0.5, 0.6) is 11.5 Å². The summed E-state index contributed by atoms with van der Waals surface area (Å²) in [6.45, 7) is 0. The molecule has 3 aromatic rings. The van der Waals surface area contributed by atoms with Gasteiger partial charge >= 0.3 is 0 Å². The van der Waals surface area contributed by atoms with Crippen LogP contribution in [0, 0.1) is 10.1 Å². The molecule has 138 valence electrons. The second kappa shape index (κ2) is 7.46. The first-order valence-electron chi connectivity index (χ1n) is 7.91. The predicted octanol–water partition coefficient (Wildman–Crippen LogP) is 4.53. The Morgan fingerprint density at radius 1 is 0.926 bits per heavy atom. The molecule has 0 aromatic heterocycles. The van der Waals surface area contributed by atoms with Crippen LogP contribution in [0.4, 0.5) is 17.1 Å². The summed E-state index contributed by atoms with van der Waals surface area (Å²) in [6, 6.07) is 19.9. The monoisotopic (exact) mass is 384 g/mol. The summed E-state index contributed by atoms with van der Waals surface area (Å²) in [7, 11) is -3.53. The Kier molecular flexibility index (Phi) is 5.09. The number of ether oxygens (including phenoxy) is 1. The Morgan fingerprint density at radius 3 is 2.15 bits per heavy atom. The third-order valence-electron chi connectivity index (χ3n) is 3.71. The fourth-order valence-electron chi connectivity index (χ4n) is 2.39. The highest BCUT2D eigenvalue weighted by molar-refractivity contribution is 7.90. The van der Waals surface area contributed by atoms with E-state index < -0.39 is 14.8 Å². The average molecular weight is 384 g/mol. The van der Waals surface area contributed by atoms with Crippen LogP contribution in [0.3, 0.4) is 0 Å². The maximum Gasteiger partial charge on any atom is 0.293 e. The lowest BCUT2D eigenvalue weighted by atomic mass is 10.2. The number of benzene rings is 3. The van der Waals surface area contributed by atoms with Crippen molar-refractivity contribution in [2.45, 2.75) is 4.90 Å². The fourth-order valence-corrected chi connectivity index (χ4v) is 3.03. The average Bonchev–Trinajstić information content (AvgIpc) is 2.63. The molecular weight excluding hydrogens is 368 g/mol. The van der Waals surface area contributed by atoms with Gasteiger partial charge in [0.15, 0.2) is 9.84 Å². The molecule has 0 fully saturated rings. The van der Waals surface area contributed by atoms with Gasteiger partial charge in [-0.2, -0.15) is 0 Å². The first kappa shape index (κ1) is 18.4. The lowest BCUT2D eigenvalue weighted by Gasteiger charge is -2.10. The van der Waals surface area contributed by atoms with E-state index in [-0.39, 0.29) is 16.3 Å². The maximum atomic E-state index is 11.6. The van der Waals surface area contributed by atoms with Gasteiger partial charge < -0.3 is 10.1 Å². The minimum Gasteiger partial charge on any atom is -0.457 e. The lowest BCUT2D eigenvalue weighted by Crippen LogP contribution is -2.02. The Labute approximate surface area is 156 Å². The smallest absolute Gasteiger partial charge is 0.293 e. The zero-order valence-electron chi connectivity index (χ0n) is 14.3. The first-order chi connectivity index (χ1) is 12.8. The Balaban J connectivity index is 1.81. The lowest BCUT2D eigenvalue weighted by molar-refractivity contribution is -0.384. The molecule has 0 amide bonds. The van der Waals surface area contributed by atoms with Crippen molar-refractivity contribution in [2.24, 2.45) is 0 Å². The van der Waals surface area contributed by atoms with Crippen LogP contribution in [-0.2, 0) is 9.84 Å². The second-order valence-corrected chi connectivity index (χ2v) is 7.79. The van der Waals surface area contributed by atoms with Crippen molar-refractivity contribution in [3.05, 3.63) is 82.9 Å². The molecule has 8 heteroatoms. The van der Waals surface area contributed by atoms with Crippen LogP contribution in [0.2, 0.25) is 0 Å². The molecule has 0 aliphatic rings. The SMILES string of the molecule is CS(=O)(=O)c1ccc(Nc2ccc(Oc3ccccc3)cc2)c([N+](=O)[O-])c1. The van der Waals surface area contributed by atoms with Crippen molar-refractivity contribution >= 4 is 26.9 Å². The number of nitro benzene ring substituents is 1. The molecule has 27 heavy (non-hydrogen) atoms. The molecule has 0 aliphatic carbocycles. The molecule has 0 unspecified atom stereocenters. The third-order valence-corrected chi connectivity index (χ3v) is 4.82. The van der Waals surface area contributed by atoms with Crippen molar-refractivity contribution in [1.82, 2.24) is 0 Å². The van der Waals surface area contributed by atoms with Crippen molar-refractivity contribution in [1.29, 1.82) is 0 Å². The zero-order chi connectivity index (χ0) is 19.4. The zero-order valence-corrected chi connectivity index (χ0v) is 15.1. The molecule has 0 bridgehead atoms. The minimum atomic E-state index is -3.53. The molecule has 0 heterocycles. The van der Waals surface area contributed by atoms with Gasteiger partial charge in [0.1, 0.15) is 17.2 Å². The van der Waals surface area contributed by atoms with Crippen LogP contribution in [0.25, 0.3) is 0 Å². The summed E-state index contributed by atoms with van der Waals surface area (Å²) in [4.78, 5) is 10.6. The van der Waals surface area contributed by atoms with Gasteiger partial charge in [0.25, 0.3) is 5.69 Å². The van der Waals surface area contributed by atoms with Gasteiger partial charge in [-0.05, 0) is 48.5 Å². The molecule has 3 rings (SSSR count). The van der Waals surface area contributed by atoms with Gasteiger partial charge in [-0.15, -0.1) is 0 Å². The number of anilines is 2. The molecule has 3 aromatic carbocycles. The molecule has 0 radical (unpaired) electrons. The number of hydrogen-bond acceptors (Lipinski definition) is 6. The number of rotatable bonds is 6. The van der Waals surface area contributed by atoms with E-state index in [0.29, 0.717) is 17.2 Å². The minimum absolute atomic E-state index is 0.105. The first-order valence-corrected chi connectivity index (χ1v) is 9.80. The van der Waals surface area contributed by atoms with E-state index in [4.69, 9.17) is 4.74 Å². The molecule has 0 saturated heterocycles. The number of hydrogen-bond donors (Lipinski definition) is 1. The van der Waals surface area contributed by atoms with Gasteiger partial charge in [-0.1, -0.05) is 18.2 Å².